The maximum Gasteiger partial charge on any atom is 0.342 e. The molecule has 34 heavy (non-hydrogen) atoms. The molecule has 0 saturated carbocycles. The van der Waals surface area contributed by atoms with Crippen LogP contribution in [0, 0.1) is 0 Å². The molecule has 1 N–H and O–H groups in total. The van der Waals surface area contributed by atoms with E-state index in [0.29, 0.717) is 17.0 Å². The number of benzene rings is 2. The van der Waals surface area contributed by atoms with Crippen molar-refractivity contribution < 1.29 is 4.42 Å². The molecular formula is C25H29BrN6O2. The highest BCUT2D eigenvalue weighted by atomic mass is 79.9. The molecule has 1 atom stereocenters. The normalized spacial score (nSPS) is 12.6. The fraction of sp³-hybridized carbons (Fsp3) is 0.360. The van der Waals surface area contributed by atoms with Crippen molar-refractivity contribution in [1.82, 2.24) is 20.2 Å². The van der Waals surface area contributed by atoms with Crippen LogP contribution in [0.2, 0.25) is 0 Å². The van der Waals surface area contributed by atoms with Gasteiger partial charge in [-0.25, -0.2) is 9.48 Å². The highest BCUT2D eigenvalue weighted by Crippen LogP contribution is 2.30. The van der Waals surface area contributed by atoms with E-state index in [4.69, 9.17) is 4.42 Å². The molecule has 0 bridgehead atoms. The highest BCUT2D eigenvalue weighted by molar-refractivity contribution is 9.10. The fourth-order valence-electron chi connectivity index (χ4n) is 3.95. The second-order valence-electron chi connectivity index (χ2n) is 9.09. The van der Waals surface area contributed by atoms with Gasteiger partial charge in [0.05, 0.1) is 11.1 Å². The van der Waals surface area contributed by atoms with Gasteiger partial charge in [-0.3, -0.25) is 0 Å². The summed E-state index contributed by atoms with van der Waals surface area (Å²) in [4.78, 5) is 15.5. The molecule has 0 amide bonds. The first-order chi connectivity index (χ1) is 16.2. The third-order valence-electron chi connectivity index (χ3n) is 5.73. The van der Waals surface area contributed by atoms with Crippen LogP contribution in [0.25, 0.3) is 11.0 Å². The molecule has 0 aliphatic rings. The third-order valence-corrected chi connectivity index (χ3v) is 6.26. The summed E-state index contributed by atoms with van der Waals surface area (Å²) < 4.78 is 8.52. The Balaban J connectivity index is 1.85. The van der Waals surface area contributed by atoms with Gasteiger partial charge in [0.1, 0.15) is 11.6 Å². The number of aromatic nitrogens is 4. The highest BCUT2D eigenvalue weighted by Gasteiger charge is 2.29. The Labute approximate surface area is 207 Å². The van der Waals surface area contributed by atoms with E-state index in [-0.39, 0.29) is 5.54 Å². The predicted octanol–water partition coefficient (Wildman–Crippen LogP) is 5.34. The van der Waals surface area contributed by atoms with Crippen LogP contribution in [0.5, 0.6) is 0 Å². The van der Waals surface area contributed by atoms with Crippen molar-refractivity contribution in [3.05, 3.63) is 74.8 Å². The van der Waals surface area contributed by atoms with Crippen molar-refractivity contribution in [1.29, 1.82) is 0 Å². The van der Waals surface area contributed by atoms with E-state index in [9.17, 15) is 4.79 Å². The third kappa shape index (κ3) is 4.84. The van der Waals surface area contributed by atoms with Crippen molar-refractivity contribution in [2.24, 2.45) is 0 Å². The second-order valence-corrected chi connectivity index (χ2v) is 10.0. The summed E-state index contributed by atoms with van der Waals surface area (Å²) in [6, 6.07) is 14.9. The van der Waals surface area contributed by atoms with Gasteiger partial charge in [0.2, 0.25) is 0 Å². The number of fused-ring (bicyclic) bond motifs is 1. The number of hydrogen-bond donors (Lipinski definition) is 1. The Morgan fingerprint density at radius 1 is 1.09 bits per heavy atom. The molecule has 178 valence electrons. The molecule has 0 saturated heterocycles. The van der Waals surface area contributed by atoms with Crippen LogP contribution in [-0.2, 0) is 5.54 Å². The van der Waals surface area contributed by atoms with Crippen LogP contribution in [0.1, 0.15) is 52.0 Å². The Hall–Kier alpha value is -3.20. The maximum atomic E-state index is 13.3. The summed E-state index contributed by atoms with van der Waals surface area (Å²) in [5.74, 6) is 0.529. The van der Waals surface area contributed by atoms with E-state index in [2.05, 4.69) is 61.6 Å². The van der Waals surface area contributed by atoms with Gasteiger partial charge in [-0.05, 0) is 87.5 Å². The predicted molar refractivity (Wildman–Crippen MR) is 138 cm³/mol. The van der Waals surface area contributed by atoms with Gasteiger partial charge in [0.25, 0.3) is 0 Å². The van der Waals surface area contributed by atoms with Crippen LogP contribution < -0.4 is 15.8 Å². The van der Waals surface area contributed by atoms with Crippen molar-refractivity contribution in [3.63, 3.8) is 0 Å². The van der Waals surface area contributed by atoms with Crippen LogP contribution in [-0.4, -0.2) is 33.3 Å². The quantitative estimate of drug-likeness (QED) is 0.326. The van der Waals surface area contributed by atoms with Crippen LogP contribution in [0.4, 0.5) is 11.4 Å². The fourth-order valence-corrected chi connectivity index (χ4v) is 4.21. The lowest BCUT2D eigenvalue weighted by Crippen LogP contribution is -2.31. The molecule has 1 unspecified atom stereocenters. The first kappa shape index (κ1) is 23.9. The molecule has 0 aliphatic heterocycles. The van der Waals surface area contributed by atoms with Gasteiger partial charge in [-0.15, -0.1) is 5.10 Å². The van der Waals surface area contributed by atoms with E-state index in [1.165, 1.54) is 0 Å². The van der Waals surface area contributed by atoms with Gasteiger partial charge >= 0.3 is 5.63 Å². The first-order valence-corrected chi connectivity index (χ1v) is 12.1. The number of halogens is 1. The Kier molecular flexibility index (Phi) is 6.74. The molecule has 9 heteroatoms. The van der Waals surface area contributed by atoms with Crippen molar-refractivity contribution in [2.75, 3.05) is 23.3 Å². The summed E-state index contributed by atoms with van der Waals surface area (Å²) in [5.41, 5.74) is 2.03. The minimum atomic E-state index is -0.612. The smallest absolute Gasteiger partial charge is 0.342 e. The lowest BCUT2D eigenvalue weighted by atomic mass is 10.0. The van der Waals surface area contributed by atoms with Gasteiger partial charge < -0.3 is 14.6 Å². The molecule has 2 aromatic heterocycles. The zero-order chi connectivity index (χ0) is 24.5. The summed E-state index contributed by atoms with van der Waals surface area (Å²) >= 11 is 3.47. The van der Waals surface area contributed by atoms with Crippen LogP contribution in [0.3, 0.4) is 0 Å². The molecular weight excluding hydrogens is 496 g/mol. The molecule has 2 heterocycles. The molecule has 0 aliphatic carbocycles. The molecule has 2 aromatic carbocycles. The van der Waals surface area contributed by atoms with Crippen LogP contribution >= 0.6 is 15.9 Å². The van der Waals surface area contributed by atoms with Crippen molar-refractivity contribution in [3.8, 4) is 0 Å². The summed E-state index contributed by atoms with van der Waals surface area (Å²) in [6.45, 7) is 12.0. The van der Waals surface area contributed by atoms with Crippen molar-refractivity contribution in [2.45, 2.75) is 46.2 Å². The minimum absolute atomic E-state index is 0.381. The van der Waals surface area contributed by atoms with E-state index in [1.54, 1.807) is 4.68 Å². The summed E-state index contributed by atoms with van der Waals surface area (Å²) in [6.07, 6.45) is 0. The van der Waals surface area contributed by atoms with E-state index in [0.717, 1.165) is 34.3 Å². The molecule has 4 rings (SSSR count). The lowest BCUT2D eigenvalue weighted by Gasteiger charge is -2.25. The monoisotopic (exact) mass is 524 g/mol. The minimum Gasteiger partial charge on any atom is -0.422 e. The molecule has 0 spiro atoms. The number of hydrogen-bond acceptors (Lipinski definition) is 7. The van der Waals surface area contributed by atoms with E-state index < -0.39 is 11.7 Å². The first-order valence-electron chi connectivity index (χ1n) is 11.3. The zero-order valence-electron chi connectivity index (χ0n) is 20.0. The number of anilines is 2. The van der Waals surface area contributed by atoms with E-state index >= 15 is 0 Å². The maximum absolute atomic E-state index is 13.3. The molecule has 8 nitrogen and oxygen atoms in total. The number of rotatable bonds is 7. The topological polar surface area (TPSA) is 89.1 Å². The van der Waals surface area contributed by atoms with Gasteiger partial charge in [0, 0.05) is 40.4 Å². The number of tetrazole rings is 1. The molecule has 0 radical (unpaired) electrons. The summed E-state index contributed by atoms with van der Waals surface area (Å²) in [7, 11) is 0. The van der Waals surface area contributed by atoms with E-state index in [1.807, 2.05) is 63.2 Å². The average Bonchev–Trinajstić information content (AvgIpc) is 3.30. The average molecular weight is 525 g/mol. The SMILES string of the molecule is CCN(CC)c1ccc2cc(C(Nc3ccc(Br)cc3)c3nnnn3C(C)(C)C)c(=O)oc2c1. The number of nitrogens with one attached hydrogen (secondary N) is 1. The second kappa shape index (κ2) is 9.58. The Morgan fingerprint density at radius 3 is 2.44 bits per heavy atom. The lowest BCUT2D eigenvalue weighted by molar-refractivity contribution is 0.332. The largest absolute Gasteiger partial charge is 0.422 e. The van der Waals surface area contributed by atoms with Gasteiger partial charge in [-0.2, -0.15) is 0 Å². The standard InChI is InChI=1S/C25H29BrN6O2/c1-6-31(7-2)19-13-8-16-14-20(24(33)34-21(16)15-19)22(27-18-11-9-17(26)10-12-18)23-28-29-30-32(23)25(3,4)5/h8-15,22,27H,6-7H2,1-5H3. The molecule has 0 fully saturated rings. The molecule has 4 aromatic rings. The van der Waals surface area contributed by atoms with Gasteiger partial charge in [0.15, 0.2) is 5.82 Å². The Bertz CT molecular complexity index is 1340. The summed E-state index contributed by atoms with van der Waals surface area (Å²) in [5, 5.41) is 16.7. The van der Waals surface area contributed by atoms with Gasteiger partial charge in [-0.1, -0.05) is 15.9 Å². The van der Waals surface area contributed by atoms with Crippen LogP contribution in [0.15, 0.2) is 62.2 Å². The zero-order valence-corrected chi connectivity index (χ0v) is 21.6. The number of nitrogens with zero attached hydrogens (tertiary/aromatic N) is 5. The Morgan fingerprint density at radius 2 is 1.79 bits per heavy atom. The van der Waals surface area contributed by atoms with Crippen molar-refractivity contribution >= 4 is 38.3 Å².